The maximum atomic E-state index is 12.5. The van der Waals surface area contributed by atoms with Crippen LogP contribution in [-0.4, -0.2) is 49.2 Å². The van der Waals surface area contributed by atoms with Gasteiger partial charge in [-0.25, -0.2) is 0 Å². The molecule has 2 unspecified atom stereocenters. The second-order valence-electron chi connectivity index (χ2n) is 5.98. The summed E-state index contributed by atoms with van der Waals surface area (Å²) >= 11 is 0. The van der Waals surface area contributed by atoms with Crippen molar-refractivity contribution in [1.29, 1.82) is 0 Å². The van der Waals surface area contributed by atoms with Crippen molar-refractivity contribution >= 4 is 10.2 Å². The molecule has 2 N–H and O–H groups in total. The third-order valence-electron chi connectivity index (χ3n) is 4.07. The summed E-state index contributed by atoms with van der Waals surface area (Å²) in [5, 5.41) is 0. The molecule has 2 atom stereocenters. The zero-order chi connectivity index (χ0) is 14.6. The molecule has 1 aliphatic heterocycles. The van der Waals surface area contributed by atoms with Crippen LogP contribution in [0.1, 0.15) is 46.5 Å². The molecule has 1 aliphatic rings. The van der Waals surface area contributed by atoms with Crippen LogP contribution in [0.25, 0.3) is 0 Å². The quantitative estimate of drug-likeness (QED) is 0.804. The van der Waals surface area contributed by atoms with E-state index in [0.29, 0.717) is 25.4 Å². The average molecular weight is 291 g/mol. The van der Waals surface area contributed by atoms with Gasteiger partial charge < -0.3 is 5.73 Å². The highest BCUT2D eigenvalue weighted by Gasteiger charge is 2.32. The van der Waals surface area contributed by atoms with Gasteiger partial charge in [0, 0.05) is 32.2 Å². The molecular formula is C13H29N3O2S. The van der Waals surface area contributed by atoms with E-state index < -0.39 is 10.2 Å². The highest BCUT2D eigenvalue weighted by molar-refractivity contribution is 7.86. The Bertz CT molecular complexity index is 370. The zero-order valence-electron chi connectivity index (χ0n) is 12.7. The van der Waals surface area contributed by atoms with Gasteiger partial charge in [-0.05, 0) is 32.1 Å². The summed E-state index contributed by atoms with van der Waals surface area (Å²) < 4.78 is 28.1. The molecule has 5 nitrogen and oxygen atoms in total. The van der Waals surface area contributed by atoms with E-state index in [0.717, 1.165) is 19.3 Å². The molecule has 19 heavy (non-hydrogen) atoms. The summed E-state index contributed by atoms with van der Waals surface area (Å²) in [5.74, 6) is 0.380. The molecule has 1 heterocycles. The molecule has 1 rings (SSSR count). The molecule has 114 valence electrons. The molecule has 0 saturated carbocycles. The first-order valence-electron chi connectivity index (χ1n) is 7.25. The van der Waals surface area contributed by atoms with Crippen molar-refractivity contribution in [3.8, 4) is 0 Å². The fourth-order valence-electron chi connectivity index (χ4n) is 2.37. The third kappa shape index (κ3) is 4.41. The van der Waals surface area contributed by atoms with Gasteiger partial charge in [0.15, 0.2) is 0 Å². The number of nitrogens with zero attached hydrogens (tertiary/aromatic N) is 2. The van der Waals surface area contributed by atoms with E-state index in [2.05, 4.69) is 13.8 Å². The van der Waals surface area contributed by atoms with E-state index in [1.54, 1.807) is 11.4 Å². The predicted molar refractivity (Wildman–Crippen MR) is 79.0 cm³/mol. The van der Waals surface area contributed by atoms with Crippen molar-refractivity contribution in [2.45, 2.75) is 58.5 Å². The second-order valence-corrected chi connectivity index (χ2v) is 7.97. The summed E-state index contributed by atoms with van der Waals surface area (Å²) in [6.07, 6.45) is 3.74. The number of piperidine rings is 1. The third-order valence-corrected chi connectivity index (χ3v) is 6.17. The molecule has 0 aliphatic carbocycles. The normalized spacial score (nSPS) is 24.1. The van der Waals surface area contributed by atoms with Crippen molar-refractivity contribution in [2.75, 3.05) is 20.1 Å². The molecule has 0 aromatic rings. The Morgan fingerprint density at radius 3 is 2.53 bits per heavy atom. The molecule has 0 amide bonds. The van der Waals surface area contributed by atoms with E-state index in [4.69, 9.17) is 5.73 Å². The van der Waals surface area contributed by atoms with Gasteiger partial charge in [-0.15, -0.1) is 0 Å². The standard InChI is InChI=1S/C13H29N3O2S/c1-11(2)13(14)8-10-15(4)19(17,18)16-9-6-5-7-12(16)3/h11-13H,5-10,14H2,1-4H3. The summed E-state index contributed by atoms with van der Waals surface area (Å²) in [7, 11) is -1.67. The Morgan fingerprint density at radius 1 is 1.37 bits per heavy atom. The topological polar surface area (TPSA) is 66.6 Å². The second kappa shape index (κ2) is 7.02. The lowest BCUT2D eigenvalue weighted by atomic mass is 10.0. The smallest absolute Gasteiger partial charge is 0.281 e. The van der Waals surface area contributed by atoms with Crippen molar-refractivity contribution in [3.63, 3.8) is 0 Å². The zero-order valence-corrected chi connectivity index (χ0v) is 13.5. The number of hydrogen-bond donors (Lipinski definition) is 1. The summed E-state index contributed by atoms with van der Waals surface area (Å²) in [6, 6.07) is 0.163. The minimum Gasteiger partial charge on any atom is -0.327 e. The van der Waals surface area contributed by atoms with E-state index in [1.807, 2.05) is 6.92 Å². The molecule has 0 spiro atoms. The highest BCUT2D eigenvalue weighted by atomic mass is 32.2. The average Bonchev–Trinajstić information content (AvgIpc) is 2.35. The summed E-state index contributed by atoms with van der Waals surface area (Å²) in [4.78, 5) is 0. The highest BCUT2D eigenvalue weighted by Crippen LogP contribution is 2.21. The van der Waals surface area contributed by atoms with Crippen LogP contribution in [0.4, 0.5) is 0 Å². The van der Waals surface area contributed by atoms with Gasteiger partial charge >= 0.3 is 0 Å². The van der Waals surface area contributed by atoms with Gasteiger partial charge in [-0.3, -0.25) is 0 Å². The first kappa shape index (κ1) is 16.9. The molecule has 1 fully saturated rings. The fourth-order valence-corrected chi connectivity index (χ4v) is 3.99. The van der Waals surface area contributed by atoms with Crippen LogP contribution in [0.3, 0.4) is 0 Å². The van der Waals surface area contributed by atoms with Crippen LogP contribution < -0.4 is 5.73 Å². The van der Waals surface area contributed by atoms with Crippen LogP contribution >= 0.6 is 0 Å². The monoisotopic (exact) mass is 291 g/mol. The Kier molecular flexibility index (Phi) is 6.23. The maximum Gasteiger partial charge on any atom is 0.281 e. The molecular weight excluding hydrogens is 262 g/mol. The van der Waals surface area contributed by atoms with E-state index in [9.17, 15) is 8.42 Å². The molecule has 0 radical (unpaired) electrons. The minimum atomic E-state index is -3.32. The van der Waals surface area contributed by atoms with Crippen molar-refractivity contribution in [2.24, 2.45) is 11.7 Å². The van der Waals surface area contributed by atoms with Crippen molar-refractivity contribution in [1.82, 2.24) is 8.61 Å². The Balaban J connectivity index is 2.60. The van der Waals surface area contributed by atoms with Crippen molar-refractivity contribution < 1.29 is 8.42 Å². The van der Waals surface area contributed by atoms with Crippen LogP contribution in [0.5, 0.6) is 0 Å². The predicted octanol–water partition coefficient (Wildman–Crippen LogP) is 1.41. The lowest BCUT2D eigenvalue weighted by Crippen LogP contribution is -2.49. The maximum absolute atomic E-state index is 12.5. The lowest BCUT2D eigenvalue weighted by Gasteiger charge is -2.35. The summed E-state index contributed by atoms with van der Waals surface area (Å²) in [5.41, 5.74) is 5.98. The number of rotatable bonds is 6. The van der Waals surface area contributed by atoms with Crippen LogP contribution in [0.15, 0.2) is 0 Å². The number of nitrogens with two attached hydrogens (primary N) is 1. The van der Waals surface area contributed by atoms with Gasteiger partial charge in [0.2, 0.25) is 0 Å². The van der Waals surface area contributed by atoms with Gasteiger partial charge in [-0.1, -0.05) is 20.3 Å². The SMILES string of the molecule is CC(C)C(N)CCN(C)S(=O)(=O)N1CCCCC1C. The van der Waals surface area contributed by atoms with E-state index in [1.165, 1.54) is 4.31 Å². The summed E-state index contributed by atoms with van der Waals surface area (Å²) in [6.45, 7) is 7.25. The lowest BCUT2D eigenvalue weighted by molar-refractivity contribution is 0.248. The largest absolute Gasteiger partial charge is 0.327 e. The van der Waals surface area contributed by atoms with Gasteiger partial charge in [0.1, 0.15) is 0 Å². The minimum absolute atomic E-state index is 0.0522. The molecule has 0 aromatic carbocycles. The van der Waals surface area contributed by atoms with E-state index >= 15 is 0 Å². The van der Waals surface area contributed by atoms with Crippen LogP contribution in [-0.2, 0) is 10.2 Å². The van der Waals surface area contributed by atoms with Crippen LogP contribution in [0, 0.1) is 5.92 Å². The Labute approximate surface area is 118 Å². The molecule has 0 bridgehead atoms. The van der Waals surface area contributed by atoms with Gasteiger partial charge in [0.25, 0.3) is 10.2 Å². The Morgan fingerprint density at radius 2 is 2.00 bits per heavy atom. The Hall–Kier alpha value is -0.170. The first-order valence-corrected chi connectivity index (χ1v) is 8.65. The molecule has 6 heteroatoms. The fraction of sp³-hybridized carbons (Fsp3) is 1.00. The van der Waals surface area contributed by atoms with Gasteiger partial charge in [-0.2, -0.15) is 17.0 Å². The van der Waals surface area contributed by atoms with Crippen LogP contribution in [0.2, 0.25) is 0 Å². The number of hydrogen-bond acceptors (Lipinski definition) is 3. The van der Waals surface area contributed by atoms with E-state index in [-0.39, 0.29) is 12.1 Å². The molecule has 1 saturated heterocycles. The first-order chi connectivity index (χ1) is 8.76. The molecule has 0 aromatic heterocycles. The van der Waals surface area contributed by atoms with Crippen molar-refractivity contribution in [3.05, 3.63) is 0 Å². The van der Waals surface area contributed by atoms with Gasteiger partial charge in [0.05, 0.1) is 0 Å².